The van der Waals surface area contributed by atoms with E-state index < -0.39 is 5.91 Å². The van der Waals surface area contributed by atoms with E-state index >= 15 is 0 Å². The standard InChI is InChI=1S/C13H16N2O3S/c1-9(2)15(8-11(14)17)13(18)12-10(4-3-6-16)5-7-19-12/h5,7,9,16H,6,8H2,1-2H3,(H2,14,17). The number of thiophene rings is 1. The minimum absolute atomic E-state index is 0.124. The summed E-state index contributed by atoms with van der Waals surface area (Å²) in [6, 6.07) is 1.57. The van der Waals surface area contributed by atoms with Gasteiger partial charge in [-0.2, -0.15) is 0 Å². The average molecular weight is 280 g/mol. The van der Waals surface area contributed by atoms with Gasteiger partial charge in [-0.15, -0.1) is 11.3 Å². The first-order valence-electron chi connectivity index (χ1n) is 5.73. The highest BCUT2D eigenvalue weighted by molar-refractivity contribution is 7.12. The topological polar surface area (TPSA) is 83.6 Å². The Morgan fingerprint density at radius 2 is 2.21 bits per heavy atom. The van der Waals surface area contributed by atoms with Crippen LogP contribution in [0.3, 0.4) is 0 Å². The molecule has 1 aromatic rings. The number of rotatable bonds is 4. The highest BCUT2D eigenvalue weighted by Gasteiger charge is 2.23. The first-order chi connectivity index (χ1) is 8.97. The van der Waals surface area contributed by atoms with Crippen LogP contribution in [-0.2, 0) is 4.79 Å². The van der Waals surface area contributed by atoms with Crippen molar-refractivity contribution < 1.29 is 14.7 Å². The Morgan fingerprint density at radius 1 is 1.53 bits per heavy atom. The summed E-state index contributed by atoms with van der Waals surface area (Å²) in [4.78, 5) is 25.2. The maximum atomic E-state index is 12.4. The molecule has 2 amide bonds. The number of carbonyl (C=O) groups excluding carboxylic acids is 2. The van der Waals surface area contributed by atoms with Crippen molar-refractivity contribution >= 4 is 23.2 Å². The quantitative estimate of drug-likeness (QED) is 0.784. The van der Waals surface area contributed by atoms with Gasteiger partial charge in [0, 0.05) is 11.6 Å². The van der Waals surface area contributed by atoms with Crippen molar-refractivity contribution in [2.45, 2.75) is 19.9 Å². The first kappa shape index (κ1) is 15.2. The molecule has 0 unspecified atom stereocenters. The van der Waals surface area contributed by atoms with E-state index in [1.165, 1.54) is 16.2 Å². The van der Waals surface area contributed by atoms with Crippen molar-refractivity contribution in [1.29, 1.82) is 0 Å². The summed E-state index contributed by atoms with van der Waals surface area (Å²) in [6.07, 6.45) is 0. The van der Waals surface area contributed by atoms with Crippen LogP contribution in [0.2, 0.25) is 0 Å². The lowest BCUT2D eigenvalue weighted by Gasteiger charge is -2.24. The van der Waals surface area contributed by atoms with E-state index in [1.807, 2.05) is 13.8 Å². The molecule has 1 rings (SSSR count). The maximum absolute atomic E-state index is 12.4. The molecule has 102 valence electrons. The fourth-order valence-electron chi connectivity index (χ4n) is 1.50. The van der Waals surface area contributed by atoms with Crippen molar-refractivity contribution in [1.82, 2.24) is 4.90 Å². The van der Waals surface area contributed by atoms with Gasteiger partial charge in [0.15, 0.2) is 0 Å². The molecule has 0 radical (unpaired) electrons. The van der Waals surface area contributed by atoms with Crippen LogP contribution in [0.15, 0.2) is 11.4 Å². The van der Waals surface area contributed by atoms with Crippen LogP contribution >= 0.6 is 11.3 Å². The van der Waals surface area contributed by atoms with Crippen molar-refractivity contribution in [3.8, 4) is 11.8 Å². The third kappa shape index (κ3) is 4.09. The molecule has 5 nitrogen and oxygen atoms in total. The van der Waals surface area contributed by atoms with Gasteiger partial charge >= 0.3 is 0 Å². The van der Waals surface area contributed by atoms with Gasteiger partial charge in [0.1, 0.15) is 11.5 Å². The van der Waals surface area contributed by atoms with Gasteiger partial charge in [0.05, 0.1) is 6.54 Å². The molecule has 1 aromatic heterocycles. The molecule has 0 saturated heterocycles. The molecule has 0 atom stereocenters. The predicted octanol–water partition coefficient (Wildman–Crippen LogP) is 0.428. The number of aliphatic hydroxyl groups is 1. The van der Waals surface area contributed by atoms with Crippen molar-refractivity contribution in [3.63, 3.8) is 0 Å². The van der Waals surface area contributed by atoms with Crippen molar-refractivity contribution in [3.05, 3.63) is 21.9 Å². The molecule has 0 aliphatic carbocycles. The summed E-state index contributed by atoms with van der Waals surface area (Å²) in [5.74, 6) is 4.40. The summed E-state index contributed by atoms with van der Waals surface area (Å²) in [5.41, 5.74) is 5.70. The van der Waals surface area contributed by atoms with Gasteiger partial charge in [0.2, 0.25) is 5.91 Å². The number of amides is 2. The van der Waals surface area contributed by atoms with Gasteiger partial charge in [-0.1, -0.05) is 11.8 Å². The molecule has 0 fully saturated rings. The number of hydrogen-bond acceptors (Lipinski definition) is 4. The number of nitrogens with zero attached hydrogens (tertiary/aromatic N) is 1. The second-order valence-corrected chi connectivity index (χ2v) is 5.03. The fourth-order valence-corrected chi connectivity index (χ4v) is 2.30. The number of primary amides is 1. The first-order valence-corrected chi connectivity index (χ1v) is 6.61. The maximum Gasteiger partial charge on any atom is 0.265 e. The van der Waals surface area contributed by atoms with Gasteiger partial charge in [0.25, 0.3) is 5.91 Å². The zero-order valence-electron chi connectivity index (χ0n) is 10.8. The average Bonchev–Trinajstić information content (AvgIpc) is 2.80. The zero-order valence-corrected chi connectivity index (χ0v) is 11.7. The molecule has 0 aliphatic rings. The Labute approximate surface area is 116 Å². The lowest BCUT2D eigenvalue weighted by atomic mass is 10.2. The van der Waals surface area contributed by atoms with Gasteiger partial charge < -0.3 is 15.7 Å². The summed E-state index contributed by atoms with van der Waals surface area (Å²) < 4.78 is 0. The third-order valence-corrected chi connectivity index (χ3v) is 3.27. The highest BCUT2D eigenvalue weighted by atomic mass is 32.1. The zero-order chi connectivity index (χ0) is 14.4. The summed E-state index contributed by atoms with van der Waals surface area (Å²) >= 11 is 1.25. The molecule has 0 aliphatic heterocycles. The Balaban J connectivity index is 3.03. The van der Waals surface area contributed by atoms with Gasteiger partial charge in [-0.3, -0.25) is 9.59 Å². The molecule has 0 bridgehead atoms. The summed E-state index contributed by atoms with van der Waals surface area (Å²) in [6.45, 7) is 3.24. The Kier molecular flexibility index (Phi) is 5.55. The fraction of sp³-hybridized carbons (Fsp3) is 0.385. The van der Waals surface area contributed by atoms with E-state index in [4.69, 9.17) is 10.8 Å². The van der Waals surface area contributed by atoms with E-state index in [9.17, 15) is 9.59 Å². The van der Waals surface area contributed by atoms with Crippen LogP contribution in [0.1, 0.15) is 29.1 Å². The normalized spacial score (nSPS) is 9.89. The smallest absolute Gasteiger partial charge is 0.265 e. The van der Waals surface area contributed by atoms with Crippen LogP contribution in [-0.4, -0.2) is 41.0 Å². The second-order valence-electron chi connectivity index (χ2n) is 4.12. The van der Waals surface area contributed by atoms with E-state index in [1.54, 1.807) is 11.4 Å². The highest BCUT2D eigenvalue weighted by Crippen LogP contribution is 2.19. The minimum Gasteiger partial charge on any atom is -0.384 e. The number of nitrogens with two attached hydrogens (primary N) is 1. The molecule has 0 spiro atoms. The van der Waals surface area contributed by atoms with Crippen molar-refractivity contribution in [2.75, 3.05) is 13.2 Å². The molecule has 19 heavy (non-hydrogen) atoms. The monoisotopic (exact) mass is 280 g/mol. The molecule has 6 heteroatoms. The molecular formula is C13H16N2O3S. The minimum atomic E-state index is -0.554. The number of aliphatic hydroxyl groups excluding tert-OH is 1. The van der Waals surface area contributed by atoms with E-state index in [0.717, 1.165) is 0 Å². The molecule has 3 N–H and O–H groups in total. The summed E-state index contributed by atoms with van der Waals surface area (Å²) in [7, 11) is 0. The van der Waals surface area contributed by atoms with Gasteiger partial charge in [-0.05, 0) is 25.3 Å². The number of carbonyl (C=O) groups is 2. The van der Waals surface area contributed by atoms with Crippen LogP contribution in [0.5, 0.6) is 0 Å². The second kappa shape index (κ2) is 6.92. The van der Waals surface area contributed by atoms with Crippen LogP contribution in [0.25, 0.3) is 0 Å². The van der Waals surface area contributed by atoms with E-state index in [-0.39, 0.29) is 25.1 Å². The Morgan fingerprint density at radius 3 is 2.74 bits per heavy atom. The lowest BCUT2D eigenvalue weighted by Crippen LogP contribution is -2.42. The molecule has 0 saturated carbocycles. The molecular weight excluding hydrogens is 264 g/mol. The summed E-state index contributed by atoms with van der Waals surface area (Å²) in [5, 5.41) is 10.4. The predicted molar refractivity (Wildman–Crippen MR) is 73.6 cm³/mol. The SMILES string of the molecule is CC(C)N(CC(N)=O)C(=O)c1sccc1C#CCO. The Hall–Kier alpha value is -1.84. The van der Waals surface area contributed by atoms with Crippen LogP contribution in [0, 0.1) is 11.8 Å². The van der Waals surface area contributed by atoms with Crippen LogP contribution in [0.4, 0.5) is 0 Å². The van der Waals surface area contributed by atoms with Crippen molar-refractivity contribution in [2.24, 2.45) is 5.73 Å². The van der Waals surface area contributed by atoms with Crippen LogP contribution < -0.4 is 5.73 Å². The Bertz CT molecular complexity index is 525. The molecule has 0 aromatic carbocycles. The van der Waals surface area contributed by atoms with E-state index in [2.05, 4.69) is 11.8 Å². The number of hydrogen-bond donors (Lipinski definition) is 2. The lowest BCUT2D eigenvalue weighted by molar-refractivity contribution is -0.119. The largest absolute Gasteiger partial charge is 0.384 e. The molecule has 1 heterocycles. The van der Waals surface area contributed by atoms with Gasteiger partial charge in [-0.25, -0.2) is 0 Å². The third-order valence-electron chi connectivity index (χ3n) is 2.37. The van der Waals surface area contributed by atoms with E-state index in [0.29, 0.717) is 10.4 Å².